The van der Waals surface area contributed by atoms with E-state index in [1.54, 1.807) is 6.20 Å². The SMILES string of the molecule is Cn1cc(C(=O)NC(CO)(CO)CO)c2ccccc21. The summed E-state index contributed by atoms with van der Waals surface area (Å²) >= 11 is 0. The third-order valence-corrected chi connectivity index (χ3v) is 3.43. The van der Waals surface area contributed by atoms with Crippen LogP contribution >= 0.6 is 0 Å². The number of aliphatic hydroxyl groups excluding tert-OH is 3. The van der Waals surface area contributed by atoms with Crippen LogP contribution in [-0.2, 0) is 7.05 Å². The summed E-state index contributed by atoms with van der Waals surface area (Å²) in [6, 6.07) is 7.42. The number of carbonyl (C=O) groups is 1. The van der Waals surface area contributed by atoms with Crippen LogP contribution in [0.15, 0.2) is 30.5 Å². The predicted octanol–water partition coefficient (Wildman–Crippen LogP) is -0.376. The standard InChI is InChI=1S/C14H18N2O4/c1-16-6-11(10-4-2-3-5-12(10)16)13(20)15-14(7-17,8-18)9-19/h2-6,17-19H,7-9H2,1H3,(H,15,20). The van der Waals surface area contributed by atoms with Crippen LogP contribution in [0.4, 0.5) is 0 Å². The molecule has 0 aliphatic rings. The molecule has 2 rings (SSSR count). The largest absolute Gasteiger partial charge is 0.394 e. The molecule has 0 radical (unpaired) electrons. The molecule has 4 N–H and O–H groups in total. The Labute approximate surface area is 116 Å². The summed E-state index contributed by atoms with van der Waals surface area (Å²) in [7, 11) is 1.83. The maximum atomic E-state index is 12.3. The number of hydrogen-bond donors (Lipinski definition) is 4. The van der Waals surface area contributed by atoms with Gasteiger partial charge in [-0.1, -0.05) is 18.2 Å². The average Bonchev–Trinajstić information content (AvgIpc) is 2.83. The zero-order valence-electron chi connectivity index (χ0n) is 11.2. The number of carbonyl (C=O) groups excluding carboxylic acids is 1. The van der Waals surface area contributed by atoms with Crippen molar-refractivity contribution in [2.24, 2.45) is 7.05 Å². The van der Waals surface area contributed by atoms with Gasteiger partial charge in [-0.25, -0.2) is 0 Å². The van der Waals surface area contributed by atoms with Gasteiger partial charge in [0.25, 0.3) is 5.91 Å². The van der Waals surface area contributed by atoms with Gasteiger partial charge in [-0.15, -0.1) is 0 Å². The van der Waals surface area contributed by atoms with Crippen molar-refractivity contribution in [3.8, 4) is 0 Å². The first-order valence-electron chi connectivity index (χ1n) is 6.26. The number of nitrogens with zero attached hydrogens (tertiary/aromatic N) is 1. The highest BCUT2D eigenvalue weighted by Crippen LogP contribution is 2.20. The van der Waals surface area contributed by atoms with Gasteiger partial charge in [0.1, 0.15) is 5.54 Å². The van der Waals surface area contributed by atoms with E-state index in [2.05, 4.69) is 5.32 Å². The first-order valence-corrected chi connectivity index (χ1v) is 6.26. The Morgan fingerprint density at radius 3 is 2.40 bits per heavy atom. The van der Waals surface area contributed by atoms with Gasteiger partial charge >= 0.3 is 0 Å². The van der Waals surface area contributed by atoms with Gasteiger partial charge in [-0.2, -0.15) is 0 Å². The summed E-state index contributed by atoms with van der Waals surface area (Å²) in [6.07, 6.45) is 1.68. The monoisotopic (exact) mass is 278 g/mol. The van der Waals surface area contributed by atoms with Gasteiger partial charge in [-0.3, -0.25) is 4.79 Å². The molecule has 1 heterocycles. The van der Waals surface area contributed by atoms with Crippen molar-refractivity contribution in [2.45, 2.75) is 5.54 Å². The van der Waals surface area contributed by atoms with Gasteiger partial charge in [0.2, 0.25) is 0 Å². The van der Waals surface area contributed by atoms with Gasteiger partial charge in [0, 0.05) is 24.1 Å². The van der Waals surface area contributed by atoms with E-state index in [0.29, 0.717) is 5.56 Å². The van der Waals surface area contributed by atoms with Crippen LogP contribution in [-0.4, -0.2) is 51.2 Å². The maximum Gasteiger partial charge on any atom is 0.254 e. The number of rotatable bonds is 5. The molecule has 0 unspecified atom stereocenters. The average molecular weight is 278 g/mol. The molecular weight excluding hydrogens is 260 g/mol. The highest BCUT2D eigenvalue weighted by Gasteiger charge is 2.31. The summed E-state index contributed by atoms with van der Waals surface area (Å²) in [5.41, 5.74) is -0.0864. The van der Waals surface area contributed by atoms with Crippen molar-refractivity contribution < 1.29 is 20.1 Å². The Kier molecular flexibility index (Phi) is 4.08. The van der Waals surface area contributed by atoms with Crippen molar-refractivity contribution in [1.82, 2.24) is 9.88 Å². The van der Waals surface area contributed by atoms with Crippen LogP contribution in [0.3, 0.4) is 0 Å². The van der Waals surface area contributed by atoms with E-state index in [1.807, 2.05) is 35.9 Å². The van der Waals surface area contributed by atoms with Crippen LogP contribution < -0.4 is 5.32 Å². The first kappa shape index (κ1) is 14.5. The fraction of sp³-hybridized carbons (Fsp3) is 0.357. The lowest BCUT2D eigenvalue weighted by molar-refractivity contribution is 0.0376. The van der Waals surface area contributed by atoms with E-state index in [0.717, 1.165) is 10.9 Å². The zero-order valence-corrected chi connectivity index (χ0v) is 11.2. The predicted molar refractivity (Wildman–Crippen MR) is 74.4 cm³/mol. The Morgan fingerprint density at radius 2 is 1.80 bits per heavy atom. The summed E-state index contributed by atoms with van der Waals surface area (Å²) in [6.45, 7) is -1.64. The van der Waals surface area contributed by atoms with Crippen LogP contribution in [0.1, 0.15) is 10.4 Å². The number of aromatic nitrogens is 1. The number of fused-ring (bicyclic) bond motifs is 1. The van der Waals surface area contributed by atoms with Crippen LogP contribution in [0.25, 0.3) is 10.9 Å². The Balaban J connectivity index is 2.37. The molecule has 0 spiro atoms. The number of para-hydroxylation sites is 1. The Morgan fingerprint density at radius 1 is 1.20 bits per heavy atom. The number of benzene rings is 1. The summed E-state index contributed by atoms with van der Waals surface area (Å²) in [5.74, 6) is -0.445. The number of amides is 1. The lowest BCUT2D eigenvalue weighted by Gasteiger charge is -2.28. The smallest absolute Gasteiger partial charge is 0.254 e. The number of nitrogens with one attached hydrogen (secondary N) is 1. The summed E-state index contributed by atoms with van der Waals surface area (Å²) in [4.78, 5) is 12.3. The Bertz CT molecular complexity index is 608. The minimum absolute atomic E-state index is 0.433. The minimum atomic E-state index is -1.42. The summed E-state index contributed by atoms with van der Waals surface area (Å²) in [5, 5.41) is 31.0. The molecule has 108 valence electrons. The molecule has 1 amide bonds. The van der Waals surface area contributed by atoms with E-state index >= 15 is 0 Å². The number of hydrogen-bond acceptors (Lipinski definition) is 4. The van der Waals surface area contributed by atoms with Gasteiger partial charge in [-0.05, 0) is 6.07 Å². The van der Waals surface area contributed by atoms with E-state index < -0.39 is 31.3 Å². The molecule has 6 nitrogen and oxygen atoms in total. The molecule has 0 fully saturated rings. The molecule has 2 aromatic rings. The van der Waals surface area contributed by atoms with E-state index in [4.69, 9.17) is 0 Å². The zero-order chi connectivity index (χ0) is 14.8. The quantitative estimate of drug-likeness (QED) is 0.600. The third kappa shape index (κ3) is 2.40. The minimum Gasteiger partial charge on any atom is -0.394 e. The third-order valence-electron chi connectivity index (χ3n) is 3.43. The molecule has 0 saturated heterocycles. The van der Waals surface area contributed by atoms with Gasteiger partial charge in [0.05, 0.1) is 25.4 Å². The van der Waals surface area contributed by atoms with Gasteiger partial charge < -0.3 is 25.2 Å². The fourth-order valence-corrected chi connectivity index (χ4v) is 2.10. The van der Waals surface area contributed by atoms with Crippen molar-refractivity contribution in [3.63, 3.8) is 0 Å². The molecule has 6 heteroatoms. The highest BCUT2D eigenvalue weighted by molar-refractivity contribution is 6.07. The molecule has 1 aromatic heterocycles. The molecule has 20 heavy (non-hydrogen) atoms. The van der Waals surface area contributed by atoms with Crippen LogP contribution in [0, 0.1) is 0 Å². The first-order chi connectivity index (χ1) is 9.56. The second kappa shape index (κ2) is 5.62. The normalized spacial score (nSPS) is 11.8. The highest BCUT2D eigenvalue weighted by atomic mass is 16.3. The van der Waals surface area contributed by atoms with Crippen LogP contribution in [0.2, 0.25) is 0 Å². The molecule has 0 atom stereocenters. The van der Waals surface area contributed by atoms with Crippen molar-refractivity contribution in [3.05, 3.63) is 36.0 Å². The maximum absolute atomic E-state index is 12.3. The fourth-order valence-electron chi connectivity index (χ4n) is 2.10. The molecule has 0 saturated carbocycles. The van der Waals surface area contributed by atoms with Crippen LogP contribution in [0.5, 0.6) is 0 Å². The number of aliphatic hydroxyl groups is 3. The van der Waals surface area contributed by atoms with E-state index in [-0.39, 0.29) is 0 Å². The topological polar surface area (TPSA) is 94.7 Å². The van der Waals surface area contributed by atoms with E-state index in [1.165, 1.54) is 0 Å². The molecule has 0 aliphatic heterocycles. The molecule has 0 aliphatic carbocycles. The van der Waals surface area contributed by atoms with Gasteiger partial charge in [0.15, 0.2) is 0 Å². The van der Waals surface area contributed by atoms with E-state index in [9.17, 15) is 20.1 Å². The molecule has 0 bridgehead atoms. The summed E-state index contributed by atoms with van der Waals surface area (Å²) < 4.78 is 1.82. The lowest BCUT2D eigenvalue weighted by Crippen LogP contribution is -2.57. The second-order valence-electron chi connectivity index (χ2n) is 4.88. The molecule has 1 aromatic carbocycles. The number of aryl methyl sites for hydroxylation is 1. The van der Waals surface area contributed by atoms with Crippen molar-refractivity contribution in [2.75, 3.05) is 19.8 Å². The second-order valence-corrected chi connectivity index (χ2v) is 4.88. The lowest BCUT2D eigenvalue weighted by atomic mass is 10.0. The molecular formula is C14H18N2O4. The Hall–Kier alpha value is -1.89. The van der Waals surface area contributed by atoms with Crippen molar-refractivity contribution in [1.29, 1.82) is 0 Å². The van der Waals surface area contributed by atoms with Crippen molar-refractivity contribution >= 4 is 16.8 Å².